The Hall–Kier alpha value is -4.20. The first-order chi connectivity index (χ1) is 29.5. The molecule has 1 aliphatic heterocycles. The van der Waals surface area contributed by atoms with Crippen LogP contribution in [0.1, 0.15) is 42.7 Å². The fraction of sp³-hybridized carbons (Fsp3) is 0.417. The number of nitrogens with one attached hydrogen (secondary N) is 1. The Balaban J connectivity index is 0.000000342. The van der Waals surface area contributed by atoms with Crippen LogP contribution in [0.2, 0.25) is 10.0 Å². The van der Waals surface area contributed by atoms with Crippen molar-refractivity contribution in [3.8, 4) is 5.69 Å². The third kappa shape index (κ3) is 18.0. The van der Waals surface area contributed by atoms with E-state index >= 15 is 0 Å². The van der Waals surface area contributed by atoms with Crippen molar-refractivity contribution >= 4 is 88.4 Å². The van der Waals surface area contributed by atoms with Gasteiger partial charge in [-0.3, -0.25) is 33.7 Å². The van der Waals surface area contributed by atoms with Crippen LogP contribution in [0.4, 0.5) is 23.2 Å². The van der Waals surface area contributed by atoms with Crippen LogP contribution in [0.25, 0.3) is 5.69 Å². The number of thioether (sulfide) groups is 1. The van der Waals surface area contributed by atoms with E-state index in [1.165, 1.54) is 18.2 Å². The number of carbonyl (C=O) groups is 3. The number of esters is 1. The number of benzene rings is 2. The largest absolute Gasteiger partial charge is 0.778 e. The zero-order valence-electron chi connectivity index (χ0n) is 34.7. The van der Waals surface area contributed by atoms with Crippen molar-refractivity contribution in [2.75, 3.05) is 37.4 Å². The van der Waals surface area contributed by atoms with E-state index in [2.05, 4.69) is 23.8 Å². The molecule has 4 N–H and O–H groups in total. The van der Waals surface area contributed by atoms with Gasteiger partial charge in [-0.05, 0) is 79.3 Å². The normalized spacial score (nSPS) is 13.3. The Morgan fingerprint density at radius 2 is 1.61 bits per heavy atom. The number of carbonyl (C=O) groups excluding carboxylic acids is 1. The zero-order valence-corrected chi connectivity index (χ0v) is 39.5. The van der Waals surface area contributed by atoms with Gasteiger partial charge >= 0.3 is 34.6 Å². The first kappa shape index (κ1) is 55.9. The maximum atomic E-state index is 14.2. The molecule has 2 aromatic carbocycles. The molecule has 5 rings (SSSR count). The molecule has 0 fully saturated rings. The van der Waals surface area contributed by atoms with Gasteiger partial charge in [0.25, 0.3) is 5.56 Å². The molecular formula is C36H43Cl2F4N6O12PS3. The Bertz CT molecular complexity index is 2610. The molecule has 1 unspecified atom stereocenters. The molecule has 4 aromatic rings. The molecule has 1 atom stereocenters. The van der Waals surface area contributed by atoms with Gasteiger partial charge in [-0.1, -0.05) is 23.2 Å². The summed E-state index contributed by atoms with van der Waals surface area (Å²) in [6, 6.07) is 6.43. The molecule has 0 bridgehead atoms. The molecule has 18 nitrogen and oxygen atoms in total. The highest BCUT2D eigenvalue weighted by Gasteiger charge is 2.35. The molecule has 2 aromatic heterocycles. The molecule has 0 saturated heterocycles. The highest BCUT2D eigenvalue weighted by molar-refractivity contribution is 8.00. The van der Waals surface area contributed by atoms with Crippen LogP contribution in [-0.4, -0.2) is 95.0 Å². The lowest BCUT2D eigenvalue weighted by Crippen LogP contribution is -2.40. The fourth-order valence-corrected chi connectivity index (χ4v) is 7.36. The van der Waals surface area contributed by atoms with Crippen molar-refractivity contribution in [3.63, 3.8) is 0 Å². The molecule has 3 heterocycles. The topological polar surface area (TPSA) is 257 Å². The van der Waals surface area contributed by atoms with E-state index in [0.29, 0.717) is 48.9 Å². The van der Waals surface area contributed by atoms with Crippen molar-refractivity contribution in [1.29, 1.82) is 0 Å². The average molecular weight is 1030 g/mol. The summed E-state index contributed by atoms with van der Waals surface area (Å²) in [6.07, 6.45) is 2.44. The van der Waals surface area contributed by atoms with Gasteiger partial charge in [0.1, 0.15) is 24.8 Å². The number of carboxylic acid groups (broad SMARTS) is 2. The van der Waals surface area contributed by atoms with Gasteiger partial charge in [0, 0.05) is 31.1 Å². The van der Waals surface area contributed by atoms with E-state index in [0.717, 1.165) is 55.1 Å². The second-order valence-electron chi connectivity index (χ2n) is 13.6. The van der Waals surface area contributed by atoms with Crippen LogP contribution < -0.4 is 31.1 Å². The molecule has 0 saturated carbocycles. The number of aliphatic carboxylic acids is 2. The molecule has 0 amide bonds. The summed E-state index contributed by atoms with van der Waals surface area (Å²) in [6.45, 7) is 4.05. The minimum atomic E-state index is -4.86. The third-order valence-corrected chi connectivity index (χ3v) is 10.7. The lowest BCUT2D eigenvalue weighted by molar-refractivity contribution is -0.193. The SMILES string of the molecule is CC(C)OC(=O)c1cc(-n2c(=O)cc(C(F)(F)F)n(C)c2=O)ccc1Cl.C[S+](C)C.O=C(O)CNCP(=O)([O-])O.O=C(O)CSc1cc(N=c2sc(=O)n3n2CCCC3)c(F)cc1Cl. The van der Waals surface area contributed by atoms with E-state index in [9.17, 15) is 55.8 Å². The van der Waals surface area contributed by atoms with Crippen LogP contribution in [0.15, 0.2) is 60.7 Å². The zero-order chi connectivity index (χ0) is 48.9. The quantitative estimate of drug-likeness (QED) is 0.0542. The Morgan fingerprint density at radius 1 is 1.02 bits per heavy atom. The molecule has 0 aliphatic carbocycles. The summed E-state index contributed by atoms with van der Waals surface area (Å²) in [5, 5.41) is 18.9. The molecule has 28 heteroatoms. The van der Waals surface area contributed by atoms with Crippen molar-refractivity contribution in [2.24, 2.45) is 12.0 Å². The van der Waals surface area contributed by atoms with Gasteiger partial charge in [-0.25, -0.2) is 28.2 Å². The molecule has 1 aliphatic rings. The first-order valence-electron chi connectivity index (χ1n) is 18.1. The maximum Gasteiger partial charge on any atom is 0.431 e. The predicted molar refractivity (Wildman–Crippen MR) is 234 cm³/mol. The summed E-state index contributed by atoms with van der Waals surface area (Å²) in [4.78, 5) is 91.9. The minimum absolute atomic E-state index is 0.0104. The second-order valence-corrected chi connectivity index (χ2v) is 20.4. The summed E-state index contributed by atoms with van der Waals surface area (Å²) in [5.41, 5.74) is -3.97. The summed E-state index contributed by atoms with van der Waals surface area (Å²) in [5.74, 6) is -3.75. The number of alkyl halides is 3. The fourth-order valence-electron chi connectivity index (χ4n) is 4.90. The van der Waals surface area contributed by atoms with Crippen LogP contribution in [0, 0.1) is 5.82 Å². The van der Waals surface area contributed by atoms with Gasteiger partial charge in [0.15, 0.2) is 0 Å². The van der Waals surface area contributed by atoms with Crippen LogP contribution in [0.5, 0.6) is 0 Å². The Labute approximate surface area is 382 Å². The number of aromatic nitrogens is 4. The number of hydrogen-bond donors (Lipinski definition) is 4. The van der Waals surface area contributed by atoms with Gasteiger partial charge in [0.2, 0.25) is 4.80 Å². The minimum Gasteiger partial charge on any atom is -0.778 e. The molecular weight excluding hydrogens is 982 g/mol. The number of carboxylic acids is 2. The van der Waals surface area contributed by atoms with Crippen molar-refractivity contribution in [1.82, 2.24) is 23.8 Å². The number of ether oxygens (including phenoxy) is 1. The Morgan fingerprint density at radius 3 is 2.14 bits per heavy atom. The van der Waals surface area contributed by atoms with Gasteiger partial charge in [0.05, 0.1) is 64.8 Å². The third-order valence-electron chi connectivity index (χ3n) is 7.43. The van der Waals surface area contributed by atoms with E-state index < -0.39 is 73.4 Å². The highest BCUT2D eigenvalue weighted by atomic mass is 35.5. The number of rotatable bonds is 11. The summed E-state index contributed by atoms with van der Waals surface area (Å²) >= 11 is 13.9. The lowest BCUT2D eigenvalue weighted by Gasteiger charge is -2.15. The van der Waals surface area contributed by atoms with E-state index in [4.69, 9.17) is 43.0 Å². The first-order valence-corrected chi connectivity index (χ1v) is 24.9. The number of nitrogens with zero attached hydrogens (tertiary/aromatic N) is 5. The molecule has 0 radical (unpaired) electrons. The van der Waals surface area contributed by atoms with Gasteiger partial charge in [-0.15, -0.1) is 11.8 Å². The molecule has 64 heavy (non-hydrogen) atoms. The predicted octanol–water partition coefficient (Wildman–Crippen LogP) is 4.14. The smallest absolute Gasteiger partial charge is 0.431 e. The number of fused-ring (bicyclic) bond motifs is 1. The standard InChI is InChI=1S/C16H14ClF3N2O4.C14H13ClFN3O3S2.C3H8NO5P.C3H9S/c1-8(2)26-14(24)10-6-9(4-5-11(10)17)22-13(23)7-12(16(18,19)20)21(3)15(22)25;15-8-5-9(16)10(6-11(8)23-7-12(20)21)17-13-18-3-1-2-4-19(18)14(22)24-13;5-3(6)1-4-2-10(7,8)9;1-4(2)3/h4-8H,1-3H3;5-6H,1-4,7H2,(H,20,21);4H,1-2H2,(H,5,6)(H2,7,8,9);1-3H3/q;;;+1/p-1. The number of hydrogen-bond acceptors (Lipinski definition) is 13. The van der Waals surface area contributed by atoms with E-state index in [1.807, 2.05) is 5.32 Å². The summed E-state index contributed by atoms with van der Waals surface area (Å²) in [7, 11) is -2.81. The monoisotopic (exact) mass is 1020 g/mol. The average Bonchev–Trinajstić information content (AvgIpc) is 3.47. The van der Waals surface area contributed by atoms with Crippen LogP contribution in [0.3, 0.4) is 0 Å². The second kappa shape index (κ2) is 24.9. The van der Waals surface area contributed by atoms with Crippen molar-refractivity contribution in [2.45, 2.75) is 57.0 Å². The van der Waals surface area contributed by atoms with E-state index in [1.54, 1.807) is 23.2 Å². The Kier molecular flexibility index (Phi) is 21.8. The maximum absolute atomic E-state index is 14.2. The molecule has 0 spiro atoms. The summed E-state index contributed by atoms with van der Waals surface area (Å²) < 4.78 is 72.0. The van der Waals surface area contributed by atoms with Crippen molar-refractivity contribution in [3.05, 3.63) is 98.8 Å². The van der Waals surface area contributed by atoms with Gasteiger partial charge in [-0.2, -0.15) is 13.2 Å². The van der Waals surface area contributed by atoms with E-state index in [-0.39, 0.29) is 37.6 Å². The van der Waals surface area contributed by atoms with Gasteiger partial charge < -0.3 is 29.3 Å². The highest BCUT2D eigenvalue weighted by Crippen LogP contribution is 2.33. The lowest BCUT2D eigenvalue weighted by atomic mass is 10.2. The number of halogens is 6. The molecule has 354 valence electrons. The van der Waals surface area contributed by atoms with Crippen LogP contribution >= 0.6 is 53.9 Å². The van der Waals surface area contributed by atoms with Crippen LogP contribution in [-0.2, 0) is 56.1 Å². The van der Waals surface area contributed by atoms with Crippen molar-refractivity contribution < 1.29 is 61.2 Å².